The van der Waals surface area contributed by atoms with Crippen molar-refractivity contribution in [2.45, 2.75) is 11.3 Å². The minimum atomic E-state index is -3.92. The predicted octanol–water partition coefficient (Wildman–Crippen LogP) is 4.37. The molecule has 0 spiro atoms. The number of anilines is 2. The highest BCUT2D eigenvalue weighted by Crippen LogP contribution is 2.30. The van der Waals surface area contributed by atoms with Gasteiger partial charge in [0.15, 0.2) is 0 Å². The molecule has 0 saturated carbocycles. The van der Waals surface area contributed by atoms with Gasteiger partial charge in [0.05, 0.1) is 14.5 Å². The van der Waals surface area contributed by atoms with Crippen LogP contribution in [-0.4, -0.2) is 55.3 Å². The lowest BCUT2D eigenvalue weighted by molar-refractivity contribution is -0.385. The van der Waals surface area contributed by atoms with Gasteiger partial charge in [-0.2, -0.15) is 4.37 Å². The summed E-state index contributed by atoms with van der Waals surface area (Å²) in [4.78, 5) is 15.0. The molecule has 1 N–H and O–H groups in total. The minimum absolute atomic E-state index is 0.148. The van der Waals surface area contributed by atoms with Gasteiger partial charge in [0.1, 0.15) is 5.82 Å². The monoisotopic (exact) mass is 523 g/mol. The van der Waals surface area contributed by atoms with Gasteiger partial charge in [-0.1, -0.05) is 30.3 Å². The smallest absolute Gasteiger partial charge is 0.270 e. The molecule has 3 aromatic carbocycles. The summed E-state index contributed by atoms with van der Waals surface area (Å²) in [6, 6.07) is 20.6. The van der Waals surface area contributed by atoms with E-state index in [9.17, 15) is 18.5 Å². The lowest BCUT2D eigenvalue weighted by atomic mass is 10.1. The van der Waals surface area contributed by atoms with Gasteiger partial charge in [-0.3, -0.25) is 19.7 Å². The summed E-state index contributed by atoms with van der Waals surface area (Å²) in [6.07, 6.45) is 0.859. The number of piperazine rings is 1. The molecule has 5 rings (SSSR count). The fraction of sp³-hybridized carbons (Fsp3) is 0.240. The first-order valence-corrected chi connectivity index (χ1v) is 13.8. The van der Waals surface area contributed by atoms with E-state index in [1.54, 1.807) is 23.7 Å². The third-order valence-electron chi connectivity index (χ3n) is 6.29. The van der Waals surface area contributed by atoms with E-state index in [1.165, 1.54) is 28.3 Å². The molecule has 0 atom stereocenters. The fourth-order valence-electron chi connectivity index (χ4n) is 4.29. The van der Waals surface area contributed by atoms with Gasteiger partial charge in [-0.25, -0.2) is 8.42 Å². The Labute approximate surface area is 213 Å². The molecule has 0 bridgehead atoms. The van der Waals surface area contributed by atoms with E-state index in [0.29, 0.717) is 5.69 Å². The number of nitrogens with zero attached hydrogens (tertiary/aromatic N) is 4. The van der Waals surface area contributed by atoms with Crippen LogP contribution in [0.5, 0.6) is 0 Å². The number of sulfonamides is 1. The second-order valence-electron chi connectivity index (χ2n) is 8.64. The number of rotatable bonds is 8. The molecular weight excluding hydrogens is 498 g/mol. The number of nitrogens with one attached hydrogen (secondary N) is 1. The Kier molecular flexibility index (Phi) is 6.86. The fourth-order valence-corrected chi connectivity index (χ4v) is 6.18. The minimum Gasteiger partial charge on any atom is -0.353 e. The molecule has 4 aromatic rings. The highest BCUT2D eigenvalue weighted by atomic mass is 32.2. The van der Waals surface area contributed by atoms with Crippen LogP contribution in [0.2, 0.25) is 0 Å². The quantitative estimate of drug-likeness (QED) is 0.270. The molecule has 186 valence electrons. The van der Waals surface area contributed by atoms with Crippen LogP contribution in [0.4, 0.5) is 17.2 Å². The number of non-ortho nitro benzene ring substituents is 1. The van der Waals surface area contributed by atoms with Gasteiger partial charge in [0.2, 0.25) is 0 Å². The molecule has 11 heteroatoms. The van der Waals surface area contributed by atoms with E-state index >= 15 is 0 Å². The molecular formula is C25H25N5O4S2. The van der Waals surface area contributed by atoms with Crippen molar-refractivity contribution >= 4 is 48.8 Å². The van der Waals surface area contributed by atoms with Crippen molar-refractivity contribution in [1.29, 1.82) is 0 Å². The molecule has 36 heavy (non-hydrogen) atoms. The van der Waals surface area contributed by atoms with E-state index in [4.69, 9.17) is 0 Å². The van der Waals surface area contributed by atoms with Crippen LogP contribution in [0.15, 0.2) is 77.7 Å². The third-order valence-corrected chi connectivity index (χ3v) is 8.49. The second-order valence-corrected chi connectivity index (χ2v) is 11.1. The van der Waals surface area contributed by atoms with E-state index in [-0.39, 0.29) is 10.6 Å². The lowest BCUT2D eigenvalue weighted by Gasteiger charge is -2.35. The van der Waals surface area contributed by atoms with Crippen LogP contribution in [-0.2, 0) is 16.4 Å². The number of nitro groups is 1. The molecule has 1 fully saturated rings. The molecule has 1 aliphatic rings. The Hall–Kier alpha value is -3.54. The largest absolute Gasteiger partial charge is 0.353 e. The summed E-state index contributed by atoms with van der Waals surface area (Å²) in [6.45, 7) is 4.72. The molecule has 1 aliphatic heterocycles. The van der Waals surface area contributed by atoms with Crippen LogP contribution >= 0.6 is 11.5 Å². The van der Waals surface area contributed by atoms with Gasteiger partial charge < -0.3 is 4.90 Å². The van der Waals surface area contributed by atoms with E-state index < -0.39 is 14.9 Å². The van der Waals surface area contributed by atoms with Gasteiger partial charge >= 0.3 is 0 Å². The normalized spacial score (nSPS) is 14.7. The molecule has 0 unspecified atom stereocenters. The van der Waals surface area contributed by atoms with Crippen molar-refractivity contribution in [3.63, 3.8) is 0 Å². The van der Waals surface area contributed by atoms with Crippen molar-refractivity contribution in [3.8, 4) is 0 Å². The van der Waals surface area contributed by atoms with Crippen molar-refractivity contribution in [2.24, 2.45) is 0 Å². The first kappa shape index (κ1) is 24.2. The zero-order valence-corrected chi connectivity index (χ0v) is 21.0. The van der Waals surface area contributed by atoms with Crippen LogP contribution < -0.4 is 9.62 Å². The average Bonchev–Trinajstić information content (AvgIpc) is 3.33. The van der Waals surface area contributed by atoms with Crippen LogP contribution in [0.25, 0.3) is 10.1 Å². The molecule has 0 amide bonds. The van der Waals surface area contributed by atoms with Gasteiger partial charge in [-0.05, 0) is 53.8 Å². The van der Waals surface area contributed by atoms with Crippen molar-refractivity contribution in [1.82, 2.24) is 9.27 Å². The first-order chi connectivity index (χ1) is 17.4. The average molecular weight is 524 g/mol. The van der Waals surface area contributed by atoms with Crippen LogP contribution in [0.1, 0.15) is 5.56 Å². The third kappa shape index (κ3) is 5.32. The van der Waals surface area contributed by atoms with Crippen LogP contribution in [0.3, 0.4) is 0 Å². The highest BCUT2D eigenvalue weighted by molar-refractivity contribution is 7.92. The maximum atomic E-state index is 12.6. The first-order valence-electron chi connectivity index (χ1n) is 11.6. The number of aromatic nitrogens is 1. The maximum Gasteiger partial charge on any atom is 0.270 e. The topological polar surface area (TPSA) is 109 Å². The number of hydrogen-bond donors (Lipinski definition) is 1. The standard InChI is InChI=1S/C25H25N5O4S2/c31-30(32)21-4-3-5-22(18-21)36(33,34)27-20-10-8-19(9-11-20)12-13-28-14-16-29(17-15-28)25-23-6-1-2-7-24(23)35-26-25/h1-11,18,27H,12-17H2. The number of hydrogen-bond acceptors (Lipinski definition) is 8. The Balaban J connectivity index is 1.14. The van der Waals surface area contributed by atoms with E-state index in [1.807, 2.05) is 18.2 Å². The summed E-state index contributed by atoms with van der Waals surface area (Å²) >= 11 is 1.55. The van der Waals surface area contributed by atoms with Gasteiger partial charge in [-0.15, -0.1) is 0 Å². The second kappa shape index (κ2) is 10.2. The number of nitro benzene ring substituents is 1. The molecule has 9 nitrogen and oxygen atoms in total. The SMILES string of the molecule is O=[N+]([O-])c1cccc(S(=O)(=O)Nc2ccc(CCN3CCN(c4nsc5ccccc45)CC3)cc2)c1. The molecule has 1 saturated heterocycles. The molecule has 2 heterocycles. The van der Waals surface area contributed by atoms with E-state index in [0.717, 1.165) is 56.6 Å². The van der Waals surface area contributed by atoms with Crippen molar-refractivity contribution < 1.29 is 13.3 Å². The van der Waals surface area contributed by atoms with E-state index in [2.05, 4.69) is 37.1 Å². The Morgan fingerprint density at radius 3 is 2.47 bits per heavy atom. The van der Waals surface area contributed by atoms with Gasteiger partial charge in [0.25, 0.3) is 15.7 Å². The zero-order chi connectivity index (χ0) is 25.1. The highest BCUT2D eigenvalue weighted by Gasteiger charge is 2.21. The lowest BCUT2D eigenvalue weighted by Crippen LogP contribution is -2.47. The van der Waals surface area contributed by atoms with Crippen LogP contribution in [0, 0.1) is 10.1 Å². The Morgan fingerprint density at radius 1 is 0.972 bits per heavy atom. The number of benzene rings is 3. The van der Waals surface area contributed by atoms with Crippen molar-refractivity contribution in [2.75, 3.05) is 42.3 Å². The van der Waals surface area contributed by atoms with Crippen molar-refractivity contribution in [3.05, 3.63) is 88.5 Å². The summed E-state index contributed by atoms with van der Waals surface area (Å²) in [7, 11) is -3.92. The summed E-state index contributed by atoms with van der Waals surface area (Å²) in [5.74, 6) is 1.08. The summed E-state index contributed by atoms with van der Waals surface area (Å²) < 4.78 is 33.6. The molecule has 1 aromatic heterocycles. The maximum absolute atomic E-state index is 12.6. The molecule has 0 aliphatic carbocycles. The summed E-state index contributed by atoms with van der Waals surface area (Å²) in [5, 5.41) is 12.2. The Bertz CT molecular complexity index is 1480. The zero-order valence-electron chi connectivity index (χ0n) is 19.4. The summed E-state index contributed by atoms with van der Waals surface area (Å²) in [5.41, 5.74) is 1.25. The Morgan fingerprint density at radius 2 is 1.72 bits per heavy atom. The predicted molar refractivity (Wildman–Crippen MR) is 142 cm³/mol. The molecule has 0 radical (unpaired) electrons. The van der Waals surface area contributed by atoms with Gasteiger partial charge in [0, 0.05) is 55.9 Å². The number of fused-ring (bicyclic) bond motifs is 1.